The molecule has 0 saturated carbocycles. The van der Waals surface area contributed by atoms with Crippen LogP contribution in [-0.2, 0) is 0 Å². The first-order chi connectivity index (χ1) is 9.81. The highest BCUT2D eigenvalue weighted by Crippen LogP contribution is 2.25. The largest absolute Gasteiger partial charge is 0.338 e. The zero-order valence-electron chi connectivity index (χ0n) is 11.6. The number of nitrogens with one attached hydrogen (secondary N) is 2. The van der Waals surface area contributed by atoms with Gasteiger partial charge in [-0.25, -0.2) is 4.79 Å². The molecular weight excluding hydrogens is 268 g/mol. The molecule has 0 unspecified atom stereocenters. The second-order valence-electron chi connectivity index (χ2n) is 4.61. The van der Waals surface area contributed by atoms with Crippen molar-refractivity contribution < 1.29 is 4.79 Å². The maximum atomic E-state index is 12.0. The number of benzene rings is 1. The van der Waals surface area contributed by atoms with Gasteiger partial charge in [0.15, 0.2) is 0 Å². The molecule has 0 fully saturated rings. The van der Waals surface area contributed by atoms with Crippen LogP contribution in [0.2, 0.25) is 0 Å². The third kappa shape index (κ3) is 4.10. The second-order valence-corrected chi connectivity index (χ2v) is 5.59. The van der Waals surface area contributed by atoms with Crippen molar-refractivity contribution in [2.45, 2.75) is 25.8 Å². The molecule has 0 aliphatic carbocycles. The quantitative estimate of drug-likeness (QED) is 0.777. The molecule has 0 bridgehead atoms. The van der Waals surface area contributed by atoms with Crippen LogP contribution in [0, 0.1) is 0 Å². The molecule has 106 valence electrons. The Balaban J connectivity index is 2.06. The van der Waals surface area contributed by atoms with E-state index < -0.39 is 0 Å². The maximum absolute atomic E-state index is 12.0. The van der Waals surface area contributed by atoms with E-state index in [0.29, 0.717) is 6.54 Å². The van der Waals surface area contributed by atoms with Gasteiger partial charge >= 0.3 is 6.03 Å². The van der Waals surface area contributed by atoms with E-state index >= 15 is 0 Å². The summed E-state index contributed by atoms with van der Waals surface area (Å²) in [6.07, 6.45) is 2.08. The van der Waals surface area contributed by atoms with Gasteiger partial charge in [-0.15, -0.1) is 11.3 Å². The summed E-state index contributed by atoms with van der Waals surface area (Å²) in [6, 6.07) is 13.9. The summed E-state index contributed by atoms with van der Waals surface area (Å²) in [4.78, 5) is 13.1. The summed E-state index contributed by atoms with van der Waals surface area (Å²) in [6.45, 7) is 2.83. The molecule has 0 aliphatic heterocycles. The van der Waals surface area contributed by atoms with Crippen molar-refractivity contribution in [3.8, 4) is 0 Å². The Kier molecular flexibility index (Phi) is 5.62. The molecule has 4 heteroatoms. The van der Waals surface area contributed by atoms with Crippen LogP contribution in [0.1, 0.15) is 36.2 Å². The van der Waals surface area contributed by atoms with E-state index in [4.69, 9.17) is 0 Å². The molecule has 3 nitrogen and oxygen atoms in total. The van der Waals surface area contributed by atoms with E-state index in [1.165, 1.54) is 0 Å². The van der Waals surface area contributed by atoms with Gasteiger partial charge in [0.05, 0.1) is 6.04 Å². The maximum Gasteiger partial charge on any atom is 0.315 e. The molecule has 1 aromatic heterocycles. The molecule has 2 rings (SSSR count). The number of carbonyl (C=O) groups excluding carboxylic acids is 1. The highest BCUT2D eigenvalue weighted by molar-refractivity contribution is 7.10. The van der Waals surface area contributed by atoms with Crippen molar-refractivity contribution in [2.24, 2.45) is 0 Å². The number of thiophene rings is 1. The molecule has 1 heterocycles. The van der Waals surface area contributed by atoms with Crippen LogP contribution in [-0.4, -0.2) is 12.6 Å². The normalized spacial score (nSPS) is 11.8. The minimum atomic E-state index is -0.110. The molecule has 2 amide bonds. The lowest BCUT2D eigenvalue weighted by atomic mass is 10.1. The van der Waals surface area contributed by atoms with Gasteiger partial charge in [0.1, 0.15) is 0 Å². The van der Waals surface area contributed by atoms with E-state index in [1.54, 1.807) is 11.3 Å². The molecule has 0 spiro atoms. The summed E-state index contributed by atoms with van der Waals surface area (Å²) in [5, 5.41) is 7.99. The Morgan fingerprint density at radius 1 is 1.20 bits per heavy atom. The van der Waals surface area contributed by atoms with Gasteiger partial charge in [-0.05, 0) is 23.4 Å². The van der Waals surface area contributed by atoms with Crippen LogP contribution in [0.15, 0.2) is 47.8 Å². The Morgan fingerprint density at radius 2 is 2.00 bits per heavy atom. The van der Waals surface area contributed by atoms with Crippen molar-refractivity contribution in [1.29, 1.82) is 0 Å². The van der Waals surface area contributed by atoms with Crippen molar-refractivity contribution in [2.75, 3.05) is 6.54 Å². The predicted octanol–water partition coefficient (Wildman–Crippen LogP) is 3.94. The Labute approximate surface area is 124 Å². The Morgan fingerprint density at radius 3 is 2.65 bits per heavy atom. The van der Waals surface area contributed by atoms with Gasteiger partial charge in [0.2, 0.25) is 0 Å². The molecule has 1 aromatic carbocycles. The van der Waals surface area contributed by atoms with E-state index in [2.05, 4.69) is 23.6 Å². The van der Waals surface area contributed by atoms with Gasteiger partial charge in [-0.3, -0.25) is 0 Å². The number of urea groups is 1. The Hall–Kier alpha value is -1.81. The number of carbonyl (C=O) groups is 1. The number of unbranched alkanes of at least 4 members (excludes halogenated alkanes) is 1. The van der Waals surface area contributed by atoms with Crippen molar-refractivity contribution in [3.63, 3.8) is 0 Å². The lowest BCUT2D eigenvalue weighted by molar-refractivity contribution is 0.238. The van der Waals surface area contributed by atoms with Crippen LogP contribution in [0.25, 0.3) is 0 Å². The van der Waals surface area contributed by atoms with Crippen molar-refractivity contribution in [1.82, 2.24) is 10.6 Å². The number of amides is 2. The van der Waals surface area contributed by atoms with Crippen molar-refractivity contribution in [3.05, 3.63) is 58.3 Å². The molecule has 2 aromatic rings. The van der Waals surface area contributed by atoms with Crippen LogP contribution >= 0.6 is 11.3 Å². The average Bonchev–Trinajstić information content (AvgIpc) is 3.00. The van der Waals surface area contributed by atoms with Crippen LogP contribution in [0.5, 0.6) is 0 Å². The predicted molar refractivity (Wildman–Crippen MR) is 84.0 cm³/mol. The third-order valence-electron chi connectivity index (χ3n) is 3.05. The summed E-state index contributed by atoms with van der Waals surface area (Å²) >= 11 is 1.65. The first-order valence-electron chi connectivity index (χ1n) is 6.94. The first kappa shape index (κ1) is 14.6. The number of hydrogen-bond acceptors (Lipinski definition) is 2. The van der Waals surface area contributed by atoms with Gasteiger partial charge < -0.3 is 10.6 Å². The summed E-state index contributed by atoms with van der Waals surface area (Å²) in [5.74, 6) is 0. The van der Waals surface area contributed by atoms with Gasteiger partial charge in [0, 0.05) is 11.4 Å². The molecule has 0 saturated heterocycles. The van der Waals surface area contributed by atoms with Crippen LogP contribution in [0.3, 0.4) is 0 Å². The first-order valence-corrected chi connectivity index (χ1v) is 7.82. The minimum absolute atomic E-state index is 0.0853. The third-order valence-corrected chi connectivity index (χ3v) is 3.99. The standard InChI is InChI=1S/C16H20N2OS/c1-2-3-11-17-16(19)18-15(14-10-7-12-20-14)13-8-5-4-6-9-13/h4-10,12,15H,2-3,11H2,1H3,(H2,17,18,19)/t15-/m1/s1. The lowest BCUT2D eigenvalue weighted by Crippen LogP contribution is -2.38. The fourth-order valence-corrected chi connectivity index (χ4v) is 2.78. The van der Waals surface area contributed by atoms with E-state index in [0.717, 1.165) is 23.3 Å². The Bertz CT molecular complexity index is 511. The van der Waals surface area contributed by atoms with Gasteiger partial charge in [-0.2, -0.15) is 0 Å². The van der Waals surface area contributed by atoms with E-state index in [9.17, 15) is 4.79 Å². The second kappa shape index (κ2) is 7.70. The fraction of sp³-hybridized carbons (Fsp3) is 0.312. The smallest absolute Gasteiger partial charge is 0.315 e. The van der Waals surface area contributed by atoms with Gasteiger partial charge in [-0.1, -0.05) is 49.7 Å². The zero-order valence-corrected chi connectivity index (χ0v) is 12.5. The highest BCUT2D eigenvalue weighted by atomic mass is 32.1. The molecule has 2 N–H and O–H groups in total. The molecule has 0 radical (unpaired) electrons. The van der Waals surface area contributed by atoms with Crippen molar-refractivity contribution >= 4 is 17.4 Å². The van der Waals surface area contributed by atoms with Crippen LogP contribution < -0.4 is 10.6 Å². The number of hydrogen-bond donors (Lipinski definition) is 2. The van der Waals surface area contributed by atoms with Crippen LogP contribution in [0.4, 0.5) is 4.79 Å². The number of rotatable bonds is 6. The average molecular weight is 288 g/mol. The summed E-state index contributed by atoms with van der Waals surface area (Å²) in [5.41, 5.74) is 1.10. The SMILES string of the molecule is CCCCNC(=O)N[C@H](c1ccccc1)c1cccs1. The van der Waals surface area contributed by atoms with Gasteiger partial charge in [0.25, 0.3) is 0 Å². The van der Waals surface area contributed by atoms with E-state index in [-0.39, 0.29) is 12.1 Å². The molecule has 0 aliphatic rings. The minimum Gasteiger partial charge on any atom is -0.338 e. The monoisotopic (exact) mass is 288 g/mol. The molecule has 20 heavy (non-hydrogen) atoms. The lowest BCUT2D eigenvalue weighted by Gasteiger charge is -2.18. The summed E-state index contributed by atoms with van der Waals surface area (Å²) < 4.78 is 0. The summed E-state index contributed by atoms with van der Waals surface area (Å²) in [7, 11) is 0. The zero-order chi connectivity index (χ0) is 14.2. The molecular formula is C16H20N2OS. The highest BCUT2D eigenvalue weighted by Gasteiger charge is 2.17. The molecule has 1 atom stereocenters. The van der Waals surface area contributed by atoms with E-state index in [1.807, 2.05) is 41.8 Å². The topological polar surface area (TPSA) is 41.1 Å². The fourth-order valence-electron chi connectivity index (χ4n) is 1.98.